The second-order valence-corrected chi connectivity index (χ2v) is 3.35. The molecule has 5 atom stereocenters. The Bertz CT molecular complexity index is 187. The Morgan fingerprint density at radius 1 is 1.00 bits per heavy atom. The van der Waals surface area contributed by atoms with Crippen molar-refractivity contribution in [1.82, 2.24) is 0 Å². The summed E-state index contributed by atoms with van der Waals surface area (Å²) in [5, 5.41) is 18.7. The molecule has 1 rings (SSSR count). The number of methoxy groups -OCH3 is 3. The van der Waals surface area contributed by atoms with Gasteiger partial charge in [-0.05, 0) is 0 Å². The number of ether oxygens (including phenoxy) is 4. The van der Waals surface area contributed by atoms with Gasteiger partial charge in [-0.25, -0.2) is 0 Å². The van der Waals surface area contributed by atoms with Crippen LogP contribution in [0.25, 0.3) is 0 Å². The monoisotopic (exact) mass is 222 g/mol. The van der Waals surface area contributed by atoms with Crippen molar-refractivity contribution < 1.29 is 29.2 Å². The summed E-state index contributed by atoms with van der Waals surface area (Å²) in [6.45, 7) is -0.244. The summed E-state index contributed by atoms with van der Waals surface area (Å²) in [4.78, 5) is 0. The first-order valence-electron chi connectivity index (χ1n) is 4.72. The van der Waals surface area contributed by atoms with Gasteiger partial charge in [-0.2, -0.15) is 0 Å². The lowest BCUT2D eigenvalue weighted by Crippen LogP contribution is -2.60. The molecule has 15 heavy (non-hydrogen) atoms. The van der Waals surface area contributed by atoms with E-state index in [1.165, 1.54) is 21.3 Å². The first-order chi connectivity index (χ1) is 7.19. The molecule has 0 spiro atoms. The van der Waals surface area contributed by atoms with E-state index >= 15 is 0 Å². The molecule has 6 nitrogen and oxygen atoms in total. The minimum atomic E-state index is -1.12. The third-order valence-electron chi connectivity index (χ3n) is 2.61. The molecule has 1 saturated heterocycles. The van der Waals surface area contributed by atoms with Crippen LogP contribution in [-0.2, 0) is 18.9 Å². The fourth-order valence-electron chi connectivity index (χ4n) is 1.85. The van der Waals surface area contributed by atoms with Crippen molar-refractivity contribution in [3.8, 4) is 0 Å². The molecule has 0 aromatic rings. The molecule has 1 heterocycles. The first kappa shape index (κ1) is 12.8. The van der Waals surface area contributed by atoms with E-state index in [9.17, 15) is 5.11 Å². The average molecular weight is 222 g/mol. The molecule has 6 heteroatoms. The van der Waals surface area contributed by atoms with Crippen LogP contribution in [-0.4, -0.2) is 68.9 Å². The van der Waals surface area contributed by atoms with Crippen molar-refractivity contribution in [3.05, 3.63) is 0 Å². The highest BCUT2D eigenvalue weighted by Gasteiger charge is 2.46. The number of hydrogen-bond acceptors (Lipinski definition) is 6. The van der Waals surface area contributed by atoms with Crippen LogP contribution in [0.15, 0.2) is 0 Å². The molecule has 0 aromatic carbocycles. The molecule has 0 aromatic heterocycles. The van der Waals surface area contributed by atoms with Gasteiger partial charge >= 0.3 is 0 Å². The van der Waals surface area contributed by atoms with E-state index < -0.39 is 30.7 Å². The van der Waals surface area contributed by atoms with Crippen molar-refractivity contribution in [2.45, 2.75) is 30.7 Å². The van der Waals surface area contributed by atoms with Gasteiger partial charge in [0.2, 0.25) is 0 Å². The molecule has 2 N–H and O–H groups in total. The summed E-state index contributed by atoms with van der Waals surface area (Å²) in [5.74, 6) is 0. The van der Waals surface area contributed by atoms with Crippen LogP contribution < -0.4 is 0 Å². The Kier molecular flexibility index (Phi) is 4.91. The Labute approximate surface area is 88.7 Å². The van der Waals surface area contributed by atoms with E-state index in [1.807, 2.05) is 0 Å². The zero-order chi connectivity index (χ0) is 11.4. The SMILES string of the molecule is CO[C@@H]1[C@H](OC)[C@@H](OC)C(O)O[C@@H]1CO. The van der Waals surface area contributed by atoms with Gasteiger partial charge in [0, 0.05) is 21.3 Å². The van der Waals surface area contributed by atoms with Crippen LogP contribution in [0.1, 0.15) is 0 Å². The number of aliphatic hydroxyl groups is 2. The summed E-state index contributed by atoms with van der Waals surface area (Å²) in [5.41, 5.74) is 0. The van der Waals surface area contributed by atoms with Crippen molar-refractivity contribution in [2.75, 3.05) is 27.9 Å². The molecule has 90 valence electrons. The van der Waals surface area contributed by atoms with Gasteiger partial charge in [0.15, 0.2) is 6.29 Å². The standard InChI is InChI=1S/C9H18O6/c1-12-6-5(4-10)15-9(11)8(14-3)7(6)13-2/h5-11H,4H2,1-3H3/t5-,6+,7+,8-,9?/m1/s1. The molecular formula is C9H18O6. The number of rotatable bonds is 4. The maximum Gasteiger partial charge on any atom is 0.184 e. The smallest absolute Gasteiger partial charge is 0.184 e. The lowest BCUT2D eigenvalue weighted by molar-refractivity contribution is -0.299. The maximum absolute atomic E-state index is 9.59. The van der Waals surface area contributed by atoms with Gasteiger partial charge in [-0.15, -0.1) is 0 Å². The molecule has 0 radical (unpaired) electrons. The Balaban J connectivity index is 2.80. The first-order valence-corrected chi connectivity index (χ1v) is 4.72. The average Bonchev–Trinajstić information content (AvgIpc) is 2.27. The molecule has 0 saturated carbocycles. The predicted octanol–water partition coefficient (Wildman–Crippen LogP) is -1.26. The van der Waals surface area contributed by atoms with Crippen molar-refractivity contribution >= 4 is 0 Å². The van der Waals surface area contributed by atoms with Gasteiger partial charge < -0.3 is 29.2 Å². The normalized spacial score (nSPS) is 41.8. The molecule has 0 bridgehead atoms. The highest BCUT2D eigenvalue weighted by atomic mass is 16.7. The minimum absolute atomic E-state index is 0.244. The Hall–Kier alpha value is -0.240. The van der Waals surface area contributed by atoms with Crippen molar-refractivity contribution in [3.63, 3.8) is 0 Å². The second kappa shape index (κ2) is 5.74. The molecular weight excluding hydrogens is 204 g/mol. The van der Waals surface area contributed by atoms with Gasteiger partial charge in [-0.3, -0.25) is 0 Å². The van der Waals surface area contributed by atoms with Gasteiger partial charge in [0.1, 0.15) is 24.4 Å². The van der Waals surface area contributed by atoms with E-state index in [4.69, 9.17) is 24.1 Å². The minimum Gasteiger partial charge on any atom is -0.394 e. The summed E-state index contributed by atoms with van der Waals surface area (Å²) >= 11 is 0. The van der Waals surface area contributed by atoms with E-state index in [2.05, 4.69) is 0 Å². The van der Waals surface area contributed by atoms with Crippen LogP contribution in [0.4, 0.5) is 0 Å². The van der Waals surface area contributed by atoms with Crippen LogP contribution in [0.5, 0.6) is 0 Å². The lowest BCUT2D eigenvalue weighted by atomic mass is 9.99. The lowest BCUT2D eigenvalue weighted by Gasteiger charge is -2.42. The summed E-state index contributed by atoms with van der Waals surface area (Å²) < 4.78 is 20.6. The van der Waals surface area contributed by atoms with E-state index in [-0.39, 0.29) is 6.61 Å². The third kappa shape index (κ3) is 2.47. The van der Waals surface area contributed by atoms with E-state index in [0.29, 0.717) is 0 Å². The second-order valence-electron chi connectivity index (χ2n) is 3.35. The Morgan fingerprint density at radius 2 is 1.53 bits per heavy atom. The quantitative estimate of drug-likeness (QED) is 0.618. The highest BCUT2D eigenvalue weighted by Crippen LogP contribution is 2.25. The fraction of sp³-hybridized carbons (Fsp3) is 1.00. The number of hydrogen-bond donors (Lipinski definition) is 2. The summed E-state index contributed by atoms with van der Waals surface area (Å²) in [7, 11) is 4.44. The van der Waals surface area contributed by atoms with Gasteiger partial charge in [0.05, 0.1) is 6.61 Å². The van der Waals surface area contributed by atoms with Crippen LogP contribution >= 0.6 is 0 Å². The zero-order valence-electron chi connectivity index (χ0n) is 9.12. The molecule has 1 aliphatic rings. The molecule has 1 unspecified atom stereocenters. The summed E-state index contributed by atoms with van der Waals surface area (Å²) in [6, 6.07) is 0. The molecule has 1 fully saturated rings. The zero-order valence-corrected chi connectivity index (χ0v) is 9.12. The summed E-state index contributed by atoms with van der Waals surface area (Å²) in [6.07, 6.45) is -3.29. The van der Waals surface area contributed by atoms with Crippen molar-refractivity contribution in [1.29, 1.82) is 0 Å². The van der Waals surface area contributed by atoms with Crippen LogP contribution in [0.3, 0.4) is 0 Å². The van der Waals surface area contributed by atoms with Crippen LogP contribution in [0.2, 0.25) is 0 Å². The maximum atomic E-state index is 9.59. The number of aliphatic hydroxyl groups excluding tert-OH is 2. The van der Waals surface area contributed by atoms with Crippen LogP contribution in [0, 0.1) is 0 Å². The van der Waals surface area contributed by atoms with Gasteiger partial charge in [-0.1, -0.05) is 0 Å². The Morgan fingerprint density at radius 3 is 1.93 bits per heavy atom. The fourth-order valence-corrected chi connectivity index (χ4v) is 1.85. The third-order valence-corrected chi connectivity index (χ3v) is 2.61. The van der Waals surface area contributed by atoms with E-state index in [1.54, 1.807) is 0 Å². The molecule has 0 amide bonds. The largest absolute Gasteiger partial charge is 0.394 e. The molecule has 0 aliphatic carbocycles. The van der Waals surface area contributed by atoms with Crippen molar-refractivity contribution in [2.24, 2.45) is 0 Å². The van der Waals surface area contributed by atoms with Gasteiger partial charge in [0.25, 0.3) is 0 Å². The topological polar surface area (TPSA) is 77.4 Å². The van der Waals surface area contributed by atoms with E-state index in [0.717, 1.165) is 0 Å². The molecule has 1 aliphatic heterocycles. The highest BCUT2D eigenvalue weighted by molar-refractivity contribution is 4.91. The predicted molar refractivity (Wildman–Crippen MR) is 50.4 cm³/mol.